The molecule has 3 heterocycles. The van der Waals surface area contributed by atoms with Gasteiger partial charge >= 0.3 is 0 Å². The lowest BCUT2D eigenvalue weighted by Gasteiger charge is -2.28. The maximum atomic E-state index is 9.70. The van der Waals surface area contributed by atoms with Crippen LogP contribution in [0.25, 0.3) is 10.1 Å². The van der Waals surface area contributed by atoms with Crippen molar-refractivity contribution in [1.82, 2.24) is 4.98 Å². The Hall–Kier alpha value is -2.62. The summed E-state index contributed by atoms with van der Waals surface area (Å²) in [5.74, 6) is 1.34. The molecule has 1 saturated carbocycles. The Labute approximate surface area is 181 Å². The molecule has 0 bridgehead atoms. The first kappa shape index (κ1) is 19.3. The van der Waals surface area contributed by atoms with E-state index in [0.29, 0.717) is 5.92 Å². The average Bonchev–Trinajstić information content (AvgIpc) is 3.19. The first-order valence-corrected chi connectivity index (χ1v) is 11.7. The van der Waals surface area contributed by atoms with Gasteiger partial charge in [0.2, 0.25) is 0 Å². The predicted octanol–water partition coefficient (Wildman–Crippen LogP) is 5.80. The number of hydrogen-bond acceptors (Lipinski definition) is 6. The highest BCUT2D eigenvalue weighted by molar-refractivity contribution is 7.19. The van der Waals surface area contributed by atoms with Gasteiger partial charge < -0.3 is 15.0 Å². The largest absolute Gasteiger partial charge is 0.378 e. The van der Waals surface area contributed by atoms with Crippen LogP contribution >= 0.6 is 11.3 Å². The summed E-state index contributed by atoms with van der Waals surface area (Å²) in [6.45, 7) is 3.46. The van der Waals surface area contributed by atoms with Crippen molar-refractivity contribution in [3.8, 4) is 6.07 Å². The fraction of sp³-hybridized carbons (Fsp3) is 0.417. The molecule has 6 heteroatoms. The summed E-state index contributed by atoms with van der Waals surface area (Å²) >= 11 is 1.58. The molecule has 1 aromatic carbocycles. The Morgan fingerprint density at radius 2 is 1.87 bits per heavy atom. The van der Waals surface area contributed by atoms with E-state index < -0.39 is 0 Å². The maximum absolute atomic E-state index is 9.70. The zero-order chi connectivity index (χ0) is 20.3. The van der Waals surface area contributed by atoms with Gasteiger partial charge in [-0.1, -0.05) is 19.3 Å². The lowest BCUT2D eigenvalue weighted by Crippen LogP contribution is -2.36. The van der Waals surface area contributed by atoms with Crippen molar-refractivity contribution >= 4 is 38.6 Å². The third-order valence-electron chi connectivity index (χ3n) is 6.25. The van der Waals surface area contributed by atoms with Crippen LogP contribution in [0.5, 0.6) is 0 Å². The zero-order valence-corrected chi connectivity index (χ0v) is 17.9. The molecule has 1 aliphatic heterocycles. The number of morpholine rings is 1. The van der Waals surface area contributed by atoms with Crippen molar-refractivity contribution in [3.63, 3.8) is 0 Å². The first-order valence-electron chi connectivity index (χ1n) is 10.8. The molecule has 1 aliphatic carbocycles. The first-order chi connectivity index (χ1) is 14.8. The van der Waals surface area contributed by atoms with Gasteiger partial charge in [0.1, 0.15) is 16.8 Å². The second-order valence-corrected chi connectivity index (χ2v) is 9.18. The van der Waals surface area contributed by atoms with E-state index in [4.69, 9.17) is 4.74 Å². The molecule has 30 heavy (non-hydrogen) atoms. The highest BCUT2D eigenvalue weighted by atomic mass is 32.1. The second-order valence-electron chi connectivity index (χ2n) is 8.13. The SMILES string of the molecule is N#Cc1sc2cnc(Nc3ccc(N4CCOCC4)cc3)cc2c1C1CCCCC1. The van der Waals surface area contributed by atoms with Crippen LogP contribution in [0.4, 0.5) is 17.2 Å². The zero-order valence-electron chi connectivity index (χ0n) is 17.1. The van der Waals surface area contributed by atoms with Gasteiger partial charge in [0.25, 0.3) is 0 Å². The van der Waals surface area contributed by atoms with Crippen molar-refractivity contribution in [2.45, 2.75) is 38.0 Å². The molecule has 0 radical (unpaired) electrons. The van der Waals surface area contributed by atoms with Crippen LogP contribution in [0, 0.1) is 11.3 Å². The summed E-state index contributed by atoms with van der Waals surface area (Å²) in [6.07, 6.45) is 8.13. The highest BCUT2D eigenvalue weighted by Crippen LogP contribution is 2.42. The molecule has 0 spiro atoms. The number of nitrogens with zero attached hydrogens (tertiary/aromatic N) is 3. The number of benzene rings is 1. The van der Waals surface area contributed by atoms with Crippen molar-refractivity contribution in [1.29, 1.82) is 5.26 Å². The number of aromatic nitrogens is 1. The third-order valence-corrected chi connectivity index (χ3v) is 7.31. The van der Waals surface area contributed by atoms with Crippen molar-refractivity contribution in [2.24, 2.45) is 0 Å². The fourth-order valence-electron chi connectivity index (χ4n) is 4.69. The highest BCUT2D eigenvalue weighted by Gasteiger charge is 2.23. The summed E-state index contributed by atoms with van der Waals surface area (Å²) in [5.41, 5.74) is 3.50. The second kappa shape index (κ2) is 8.63. The van der Waals surface area contributed by atoms with Crippen molar-refractivity contribution in [2.75, 3.05) is 36.5 Å². The Morgan fingerprint density at radius 3 is 2.60 bits per heavy atom. The van der Waals surface area contributed by atoms with Gasteiger partial charge in [-0.15, -0.1) is 11.3 Å². The molecule has 1 saturated heterocycles. The van der Waals surface area contributed by atoms with Gasteiger partial charge in [-0.05, 0) is 54.7 Å². The Morgan fingerprint density at radius 1 is 1.10 bits per heavy atom. The topological polar surface area (TPSA) is 61.2 Å². The Bertz CT molecular complexity index is 1060. The summed E-state index contributed by atoms with van der Waals surface area (Å²) in [4.78, 5) is 7.83. The number of rotatable bonds is 4. The summed E-state index contributed by atoms with van der Waals surface area (Å²) in [7, 11) is 0. The molecule has 1 N–H and O–H groups in total. The van der Waals surface area contributed by atoms with Gasteiger partial charge in [0.15, 0.2) is 0 Å². The van der Waals surface area contributed by atoms with E-state index in [1.807, 2.05) is 6.20 Å². The molecular formula is C24H26N4OS. The number of ether oxygens (including phenoxy) is 1. The van der Waals surface area contributed by atoms with Gasteiger partial charge in [-0.25, -0.2) is 4.98 Å². The van der Waals surface area contributed by atoms with Crippen LogP contribution in [0.3, 0.4) is 0 Å². The van der Waals surface area contributed by atoms with E-state index in [1.165, 1.54) is 48.7 Å². The quantitative estimate of drug-likeness (QED) is 0.580. The normalized spacial score (nSPS) is 17.8. The maximum Gasteiger partial charge on any atom is 0.130 e. The lowest BCUT2D eigenvalue weighted by molar-refractivity contribution is 0.122. The van der Waals surface area contributed by atoms with Crippen LogP contribution in [0.1, 0.15) is 48.5 Å². The number of nitriles is 1. The molecule has 0 unspecified atom stereocenters. The van der Waals surface area contributed by atoms with Gasteiger partial charge in [-0.3, -0.25) is 0 Å². The predicted molar refractivity (Wildman–Crippen MR) is 123 cm³/mol. The Kier molecular flexibility index (Phi) is 5.56. The van der Waals surface area contributed by atoms with E-state index in [1.54, 1.807) is 11.3 Å². The van der Waals surface area contributed by atoms with Gasteiger partial charge in [0.05, 0.1) is 17.9 Å². The van der Waals surface area contributed by atoms with Crippen LogP contribution in [-0.2, 0) is 4.74 Å². The van der Waals surface area contributed by atoms with E-state index >= 15 is 0 Å². The van der Waals surface area contributed by atoms with E-state index in [9.17, 15) is 5.26 Å². The summed E-state index contributed by atoms with van der Waals surface area (Å²) in [6, 6.07) is 13.1. The fourth-order valence-corrected chi connectivity index (χ4v) is 5.73. The summed E-state index contributed by atoms with van der Waals surface area (Å²) < 4.78 is 6.55. The van der Waals surface area contributed by atoms with E-state index in [0.717, 1.165) is 47.4 Å². The van der Waals surface area contributed by atoms with Crippen molar-refractivity contribution in [3.05, 3.63) is 47.0 Å². The van der Waals surface area contributed by atoms with Gasteiger partial charge in [0, 0.05) is 36.0 Å². The van der Waals surface area contributed by atoms with Crippen LogP contribution in [0.15, 0.2) is 36.5 Å². The molecule has 2 aliphatic rings. The van der Waals surface area contributed by atoms with Crippen LogP contribution in [-0.4, -0.2) is 31.3 Å². The molecule has 154 valence electrons. The minimum absolute atomic E-state index is 0.505. The monoisotopic (exact) mass is 418 g/mol. The van der Waals surface area contributed by atoms with E-state index in [2.05, 4.69) is 51.6 Å². The lowest BCUT2D eigenvalue weighted by atomic mass is 9.83. The average molecular weight is 419 g/mol. The summed E-state index contributed by atoms with van der Waals surface area (Å²) in [5, 5.41) is 14.4. The molecule has 2 fully saturated rings. The van der Waals surface area contributed by atoms with Crippen molar-refractivity contribution < 1.29 is 4.74 Å². The molecule has 5 nitrogen and oxygen atoms in total. The Balaban J connectivity index is 1.40. The minimum atomic E-state index is 0.505. The number of thiophene rings is 1. The number of hydrogen-bond donors (Lipinski definition) is 1. The number of pyridine rings is 1. The van der Waals surface area contributed by atoms with E-state index in [-0.39, 0.29) is 0 Å². The number of anilines is 3. The molecule has 3 aromatic rings. The molecule has 0 amide bonds. The van der Waals surface area contributed by atoms with Crippen LogP contribution < -0.4 is 10.2 Å². The molecule has 0 atom stereocenters. The number of nitrogens with one attached hydrogen (secondary N) is 1. The third kappa shape index (κ3) is 3.88. The van der Waals surface area contributed by atoms with Gasteiger partial charge in [-0.2, -0.15) is 5.26 Å². The number of fused-ring (bicyclic) bond motifs is 1. The molecule has 5 rings (SSSR count). The molecule has 2 aromatic heterocycles. The smallest absolute Gasteiger partial charge is 0.130 e. The minimum Gasteiger partial charge on any atom is -0.378 e. The standard InChI is InChI=1S/C24H26N4OS/c25-15-21-24(17-4-2-1-3-5-17)20-14-23(26-16-22(20)30-21)27-18-6-8-19(9-7-18)28-10-12-29-13-11-28/h6-9,14,16-17H,1-5,10-13H2,(H,26,27). The van der Waals surface area contributed by atoms with Crippen LogP contribution in [0.2, 0.25) is 0 Å². The molecular weight excluding hydrogens is 392 g/mol.